The molecule has 4 aliphatic rings. The monoisotopic (exact) mass is 322 g/mol. The van der Waals surface area contributed by atoms with Crippen LogP contribution in [0.15, 0.2) is 12.2 Å². The van der Waals surface area contributed by atoms with Crippen LogP contribution in [0.4, 0.5) is 8.78 Å². The molecule has 4 aliphatic carbocycles. The number of hydrogen-bond acceptors (Lipinski definition) is 0. The van der Waals surface area contributed by atoms with E-state index in [1.54, 1.807) is 0 Å². The van der Waals surface area contributed by atoms with E-state index in [1.807, 2.05) is 0 Å². The Bertz CT molecular complexity index is 494. The van der Waals surface area contributed by atoms with E-state index in [4.69, 9.17) is 0 Å². The van der Waals surface area contributed by atoms with Gasteiger partial charge in [0.05, 0.1) is 0 Å². The molecule has 0 radical (unpaired) electrons. The molecule has 0 N–H and O–H groups in total. The number of rotatable bonds is 1. The largest absolute Gasteiger partial charge is 0.266 e. The second-order valence-electron chi connectivity index (χ2n) is 9.59. The third-order valence-electron chi connectivity index (χ3n) is 8.98. The molecule has 7 atom stereocenters. The molecular weight excluding hydrogens is 290 g/mol. The Morgan fingerprint density at radius 2 is 1.61 bits per heavy atom. The van der Waals surface area contributed by atoms with E-state index in [0.29, 0.717) is 11.3 Å². The lowest BCUT2D eigenvalue weighted by Crippen LogP contribution is -2.52. The van der Waals surface area contributed by atoms with Crippen LogP contribution in [0.5, 0.6) is 0 Å². The van der Waals surface area contributed by atoms with Crippen LogP contribution in [-0.4, -0.2) is 0 Å². The molecule has 0 nitrogen and oxygen atoms in total. The zero-order chi connectivity index (χ0) is 16.2. The van der Waals surface area contributed by atoms with E-state index in [1.165, 1.54) is 63.9 Å². The van der Waals surface area contributed by atoms with Crippen molar-refractivity contribution in [3.05, 3.63) is 12.2 Å². The maximum Gasteiger partial charge on any atom is 0.266 e. The van der Waals surface area contributed by atoms with Gasteiger partial charge in [0.15, 0.2) is 0 Å². The van der Waals surface area contributed by atoms with Gasteiger partial charge in [-0.3, -0.25) is 0 Å². The van der Waals surface area contributed by atoms with Crippen molar-refractivity contribution in [3.63, 3.8) is 0 Å². The second-order valence-corrected chi connectivity index (χ2v) is 9.59. The van der Waals surface area contributed by atoms with Gasteiger partial charge in [-0.15, -0.1) is 0 Å². The average molecular weight is 322 g/mol. The van der Waals surface area contributed by atoms with Crippen LogP contribution >= 0.6 is 0 Å². The van der Waals surface area contributed by atoms with Crippen molar-refractivity contribution < 1.29 is 8.78 Å². The molecule has 0 amide bonds. The first-order chi connectivity index (χ1) is 10.9. The quantitative estimate of drug-likeness (QED) is 0.497. The van der Waals surface area contributed by atoms with Crippen molar-refractivity contribution in [2.24, 2.45) is 40.4 Å². The fourth-order valence-electron chi connectivity index (χ4n) is 7.76. The van der Waals surface area contributed by atoms with Crippen LogP contribution in [0.1, 0.15) is 78.1 Å². The van der Waals surface area contributed by atoms with Crippen LogP contribution in [0.25, 0.3) is 0 Å². The lowest BCUT2D eigenvalue weighted by atomic mass is 9.45. The summed E-state index contributed by atoms with van der Waals surface area (Å²) in [6.07, 6.45) is 13.0. The van der Waals surface area contributed by atoms with Gasteiger partial charge in [0, 0.05) is 0 Å². The lowest BCUT2D eigenvalue weighted by Gasteiger charge is -2.60. The minimum Gasteiger partial charge on any atom is -0.174 e. The molecule has 23 heavy (non-hydrogen) atoms. The van der Waals surface area contributed by atoms with Gasteiger partial charge in [0.1, 0.15) is 0 Å². The fourth-order valence-corrected chi connectivity index (χ4v) is 7.76. The van der Waals surface area contributed by atoms with Gasteiger partial charge in [0.2, 0.25) is 0 Å². The van der Waals surface area contributed by atoms with Crippen LogP contribution in [-0.2, 0) is 0 Å². The van der Waals surface area contributed by atoms with E-state index in [9.17, 15) is 8.78 Å². The van der Waals surface area contributed by atoms with Crippen LogP contribution in [0, 0.1) is 40.4 Å². The zero-order valence-corrected chi connectivity index (χ0v) is 14.8. The maximum absolute atomic E-state index is 12.9. The minimum absolute atomic E-state index is 0.121. The van der Waals surface area contributed by atoms with Crippen LogP contribution in [0.3, 0.4) is 0 Å². The number of allylic oxidation sites excluding steroid dienone is 1. The minimum atomic E-state index is -1.46. The number of fused-ring (bicyclic) bond motifs is 5. The molecule has 4 fully saturated rings. The first kappa shape index (κ1) is 16.1. The Morgan fingerprint density at radius 1 is 0.826 bits per heavy atom. The molecule has 4 saturated carbocycles. The highest BCUT2D eigenvalue weighted by Crippen LogP contribution is 2.67. The second kappa shape index (κ2) is 5.56. The maximum atomic E-state index is 12.9. The van der Waals surface area contributed by atoms with Gasteiger partial charge in [-0.2, -0.15) is 8.78 Å². The first-order valence-corrected chi connectivity index (χ1v) is 9.98. The summed E-state index contributed by atoms with van der Waals surface area (Å²) in [6, 6.07) is 0. The molecule has 0 heterocycles. The molecule has 1 unspecified atom stereocenters. The van der Waals surface area contributed by atoms with E-state index in [2.05, 4.69) is 13.8 Å². The smallest absolute Gasteiger partial charge is 0.174 e. The highest BCUT2D eigenvalue weighted by Gasteiger charge is 2.59. The van der Waals surface area contributed by atoms with E-state index in [-0.39, 0.29) is 11.3 Å². The normalized spacial score (nSPS) is 52.3. The van der Waals surface area contributed by atoms with Crippen LogP contribution in [0.2, 0.25) is 0 Å². The standard InChI is InChI=1S/C21H32F2/c1-20-11-4-3-5-14(20)6-8-16-17-9-7-15(13-19(22)23)21(17,2)12-10-18(16)20/h13-18H,3-12H2,1-2H3/t14?,15-,16+,17+,18+,20+,21-/m1/s1. The van der Waals surface area contributed by atoms with Crippen molar-refractivity contribution in [1.82, 2.24) is 0 Å². The Hall–Kier alpha value is -0.400. The van der Waals surface area contributed by atoms with Crippen molar-refractivity contribution in [2.75, 3.05) is 0 Å². The Morgan fingerprint density at radius 3 is 2.39 bits per heavy atom. The molecule has 130 valence electrons. The zero-order valence-electron chi connectivity index (χ0n) is 14.8. The molecule has 2 heteroatoms. The summed E-state index contributed by atoms with van der Waals surface area (Å²) in [7, 11) is 0. The summed E-state index contributed by atoms with van der Waals surface area (Å²) >= 11 is 0. The molecule has 0 saturated heterocycles. The van der Waals surface area contributed by atoms with Gasteiger partial charge < -0.3 is 0 Å². The van der Waals surface area contributed by atoms with Gasteiger partial charge in [0.25, 0.3) is 6.08 Å². The van der Waals surface area contributed by atoms with Crippen molar-refractivity contribution >= 4 is 0 Å². The highest BCUT2D eigenvalue weighted by atomic mass is 19.3. The molecular formula is C21H32F2. The van der Waals surface area contributed by atoms with E-state index in [0.717, 1.165) is 24.2 Å². The van der Waals surface area contributed by atoms with E-state index < -0.39 is 6.08 Å². The van der Waals surface area contributed by atoms with Gasteiger partial charge >= 0.3 is 0 Å². The number of hydrogen-bond donors (Lipinski definition) is 0. The molecule has 0 aromatic heterocycles. The summed E-state index contributed by atoms with van der Waals surface area (Å²) in [5.74, 6) is 3.45. The van der Waals surface area contributed by atoms with Gasteiger partial charge in [-0.05, 0) is 97.9 Å². The summed E-state index contributed by atoms with van der Waals surface area (Å²) in [5.41, 5.74) is 0.699. The first-order valence-electron chi connectivity index (χ1n) is 9.98. The predicted molar refractivity (Wildman–Crippen MR) is 90.1 cm³/mol. The Balaban J connectivity index is 1.61. The summed E-state index contributed by atoms with van der Waals surface area (Å²) in [4.78, 5) is 0. The van der Waals surface area contributed by atoms with E-state index >= 15 is 0 Å². The lowest BCUT2D eigenvalue weighted by molar-refractivity contribution is -0.108. The SMILES string of the molecule is C[C@]12CC[C@H]3[C@@H](CCC4CCCC[C@@]43C)[C@@H]1CC[C@@H]2C=C(F)F. The molecule has 0 spiro atoms. The molecule has 0 aliphatic heterocycles. The third-order valence-corrected chi connectivity index (χ3v) is 8.98. The molecule has 0 aromatic carbocycles. The summed E-state index contributed by atoms with van der Waals surface area (Å²) in [6.45, 7) is 4.92. The van der Waals surface area contributed by atoms with Gasteiger partial charge in [-0.1, -0.05) is 26.7 Å². The third kappa shape index (κ3) is 2.34. The molecule has 4 rings (SSSR count). The topological polar surface area (TPSA) is 0 Å². The van der Waals surface area contributed by atoms with Gasteiger partial charge in [-0.25, -0.2) is 0 Å². The number of halogens is 2. The van der Waals surface area contributed by atoms with Crippen molar-refractivity contribution in [2.45, 2.75) is 78.1 Å². The fraction of sp³-hybridized carbons (Fsp3) is 0.905. The van der Waals surface area contributed by atoms with Crippen molar-refractivity contribution in [3.8, 4) is 0 Å². The molecule has 0 aromatic rings. The highest BCUT2D eigenvalue weighted by molar-refractivity contribution is 5.12. The average Bonchev–Trinajstić information content (AvgIpc) is 2.83. The Labute approximate surface area is 140 Å². The van der Waals surface area contributed by atoms with Crippen molar-refractivity contribution in [1.29, 1.82) is 0 Å². The summed E-state index contributed by atoms with van der Waals surface area (Å²) < 4.78 is 25.8. The molecule has 0 bridgehead atoms. The predicted octanol–water partition coefficient (Wildman–Crippen LogP) is 6.82. The summed E-state index contributed by atoms with van der Waals surface area (Å²) in [5, 5.41) is 0. The van der Waals surface area contributed by atoms with Crippen LogP contribution < -0.4 is 0 Å². The Kier molecular flexibility index (Phi) is 3.89.